The van der Waals surface area contributed by atoms with Crippen LogP contribution in [0.2, 0.25) is 0 Å². The second-order valence-electron chi connectivity index (χ2n) is 4.40. The summed E-state index contributed by atoms with van der Waals surface area (Å²) >= 11 is 3.00. The molecule has 0 fully saturated rings. The molecule has 2 nitrogen and oxygen atoms in total. The highest BCUT2D eigenvalue weighted by Crippen LogP contribution is 2.36. The van der Waals surface area contributed by atoms with E-state index in [0.717, 1.165) is 22.9 Å². The molecule has 0 heterocycles. The third-order valence-corrected chi connectivity index (χ3v) is 5.26. The van der Waals surface area contributed by atoms with Gasteiger partial charge in [0.15, 0.2) is 0 Å². The maximum absolute atomic E-state index is 12.3. The Morgan fingerprint density at radius 2 is 1.48 bits per heavy atom. The van der Waals surface area contributed by atoms with Crippen molar-refractivity contribution in [3.8, 4) is 0 Å². The zero-order valence-corrected chi connectivity index (χ0v) is 13.9. The maximum atomic E-state index is 12.3. The first kappa shape index (κ1) is 16.0. The monoisotopic (exact) mass is 317 g/mol. The van der Waals surface area contributed by atoms with Gasteiger partial charge in [0.25, 0.3) is 5.24 Å². The van der Waals surface area contributed by atoms with E-state index in [1.165, 1.54) is 16.7 Å². The summed E-state index contributed by atoms with van der Waals surface area (Å²) in [6, 6.07) is 18.3. The van der Waals surface area contributed by atoms with Gasteiger partial charge in [0, 0.05) is 27.8 Å². The van der Waals surface area contributed by atoms with E-state index in [1.54, 1.807) is 11.8 Å². The molecule has 0 aromatic heterocycles. The molecule has 0 saturated heterocycles. The van der Waals surface area contributed by atoms with Crippen LogP contribution in [0.15, 0.2) is 69.3 Å². The van der Waals surface area contributed by atoms with Crippen LogP contribution >= 0.6 is 23.5 Å². The van der Waals surface area contributed by atoms with Crippen LogP contribution in [0, 0.1) is 0 Å². The minimum Gasteiger partial charge on any atom is -0.334 e. The van der Waals surface area contributed by atoms with Crippen LogP contribution in [0.25, 0.3) is 0 Å². The number of nitrogens with zero attached hydrogens (tertiary/aromatic N) is 1. The Morgan fingerprint density at radius 3 is 2.10 bits per heavy atom. The quantitative estimate of drug-likeness (QED) is 0.689. The highest BCUT2D eigenvalue weighted by molar-refractivity contribution is 8.14. The predicted molar refractivity (Wildman–Crippen MR) is 91.2 cm³/mol. The Kier molecular flexibility index (Phi) is 6.21. The lowest BCUT2D eigenvalue weighted by Gasteiger charge is -2.18. The second-order valence-corrected chi connectivity index (χ2v) is 6.51. The van der Waals surface area contributed by atoms with Crippen molar-refractivity contribution < 1.29 is 4.79 Å². The molecule has 1 amide bonds. The summed E-state index contributed by atoms with van der Waals surface area (Å²) in [4.78, 5) is 17.4. The zero-order valence-electron chi connectivity index (χ0n) is 12.3. The Morgan fingerprint density at radius 1 is 0.905 bits per heavy atom. The molecule has 110 valence electrons. The average molecular weight is 317 g/mol. The molecular formula is C17H19NOS2. The molecule has 0 aliphatic rings. The summed E-state index contributed by atoms with van der Waals surface area (Å²) in [5.74, 6) is 0. The third-order valence-electron chi connectivity index (χ3n) is 3.04. The Labute approximate surface area is 134 Å². The van der Waals surface area contributed by atoms with E-state index in [4.69, 9.17) is 0 Å². The normalized spacial score (nSPS) is 10.4. The van der Waals surface area contributed by atoms with Crippen LogP contribution in [0.3, 0.4) is 0 Å². The highest BCUT2D eigenvalue weighted by Gasteiger charge is 2.14. The van der Waals surface area contributed by atoms with E-state index in [0.29, 0.717) is 0 Å². The van der Waals surface area contributed by atoms with E-state index in [-0.39, 0.29) is 5.24 Å². The zero-order chi connectivity index (χ0) is 15.1. The molecule has 21 heavy (non-hydrogen) atoms. The number of thioether (sulfide) groups is 1. The summed E-state index contributed by atoms with van der Waals surface area (Å²) in [6.07, 6.45) is 0. The lowest BCUT2D eigenvalue weighted by molar-refractivity contribution is 0.228. The molecular weight excluding hydrogens is 298 g/mol. The minimum absolute atomic E-state index is 0.112. The standard InChI is InChI=1S/C17H19NOS2/c1-3-18(4-2)17(19)21-16-13-9-8-12-15(16)20-14-10-6-5-7-11-14/h5-13H,3-4H2,1-2H3. The Bertz CT molecular complexity index is 582. The first-order chi connectivity index (χ1) is 10.2. The molecule has 0 bridgehead atoms. The van der Waals surface area contributed by atoms with Crippen molar-refractivity contribution >= 4 is 28.8 Å². The van der Waals surface area contributed by atoms with Crippen molar-refractivity contribution in [3.63, 3.8) is 0 Å². The molecule has 4 heteroatoms. The molecule has 0 radical (unpaired) electrons. The third kappa shape index (κ3) is 4.55. The molecule has 0 spiro atoms. The average Bonchev–Trinajstić information content (AvgIpc) is 2.51. The van der Waals surface area contributed by atoms with Crippen molar-refractivity contribution in [1.29, 1.82) is 0 Å². The van der Waals surface area contributed by atoms with Gasteiger partial charge in [-0.05, 0) is 49.9 Å². The predicted octanol–water partition coefficient (Wildman–Crippen LogP) is 5.39. The van der Waals surface area contributed by atoms with Crippen LogP contribution in [-0.4, -0.2) is 23.2 Å². The van der Waals surface area contributed by atoms with Gasteiger partial charge in [-0.1, -0.05) is 42.1 Å². The first-order valence-corrected chi connectivity index (χ1v) is 8.66. The van der Waals surface area contributed by atoms with Crippen molar-refractivity contribution in [2.45, 2.75) is 28.5 Å². The van der Waals surface area contributed by atoms with Crippen molar-refractivity contribution in [2.75, 3.05) is 13.1 Å². The number of rotatable bonds is 5. The van der Waals surface area contributed by atoms with Gasteiger partial charge >= 0.3 is 0 Å². The lowest BCUT2D eigenvalue weighted by atomic mass is 10.4. The summed E-state index contributed by atoms with van der Waals surface area (Å²) in [5.41, 5.74) is 0. The van der Waals surface area contributed by atoms with Crippen LogP contribution < -0.4 is 0 Å². The number of hydrogen-bond acceptors (Lipinski definition) is 3. The molecule has 0 N–H and O–H groups in total. The number of carbonyl (C=O) groups excluding carboxylic acids is 1. The summed E-state index contributed by atoms with van der Waals surface area (Å²) in [7, 11) is 0. The van der Waals surface area contributed by atoms with E-state index in [1.807, 2.05) is 55.1 Å². The van der Waals surface area contributed by atoms with Crippen LogP contribution in [0.1, 0.15) is 13.8 Å². The van der Waals surface area contributed by atoms with Gasteiger partial charge in [0.1, 0.15) is 0 Å². The molecule has 0 saturated carbocycles. The fraction of sp³-hybridized carbons (Fsp3) is 0.235. The molecule has 0 aliphatic carbocycles. The van der Waals surface area contributed by atoms with E-state index in [9.17, 15) is 4.79 Å². The van der Waals surface area contributed by atoms with Crippen molar-refractivity contribution in [1.82, 2.24) is 4.90 Å². The summed E-state index contributed by atoms with van der Waals surface area (Å²) in [5, 5.41) is 0.112. The first-order valence-electron chi connectivity index (χ1n) is 7.03. The van der Waals surface area contributed by atoms with Gasteiger partial charge in [-0.2, -0.15) is 0 Å². The highest BCUT2D eigenvalue weighted by atomic mass is 32.2. The fourth-order valence-corrected chi connectivity index (χ4v) is 3.88. The molecule has 2 aromatic rings. The van der Waals surface area contributed by atoms with Gasteiger partial charge in [0.05, 0.1) is 0 Å². The van der Waals surface area contributed by atoms with Crippen LogP contribution in [0.4, 0.5) is 4.79 Å². The van der Waals surface area contributed by atoms with E-state index in [2.05, 4.69) is 18.2 Å². The molecule has 0 atom stereocenters. The number of benzene rings is 2. The van der Waals surface area contributed by atoms with Crippen LogP contribution in [-0.2, 0) is 0 Å². The molecule has 2 rings (SSSR count). The fourth-order valence-electron chi connectivity index (χ4n) is 1.87. The minimum atomic E-state index is 0.112. The Balaban J connectivity index is 2.15. The number of hydrogen-bond donors (Lipinski definition) is 0. The van der Waals surface area contributed by atoms with Crippen molar-refractivity contribution in [2.24, 2.45) is 0 Å². The van der Waals surface area contributed by atoms with Gasteiger partial charge in [0.2, 0.25) is 0 Å². The van der Waals surface area contributed by atoms with Crippen molar-refractivity contribution in [3.05, 3.63) is 54.6 Å². The molecule has 0 aliphatic heterocycles. The smallest absolute Gasteiger partial charge is 0.286 e. The van der Waals surface area contributed by atoms with Gasteiger partial charge < -0.3 is 4.90 Å². The van der Waals surface area contributed by atoms with Gasteiger partial charge in [-0.25, -0.2) is 0 Å². The van der Waals surface area contributed by atoms with Gasteiger partial charge in [-0.3, -0.25) is 4.79 Å². The van der Waals surface area contributed by atoms with E-state index < -0.39 is 0 Å². The van der Waals surface area contributed by atoms with E-state index >= 15 is 0 Å². The topological polar surface area (TPSA) is 20.3 Å². The molecule has 0 unspecified atom stereocenters. The largest absolute Gasteiger partial charge is 0.334 e. The number of amides is 1. The number of carbonyl (C=O) groups is 1. The SMILES string of the molecule is CCN(CC)C(=O)Sc1ccccc1Sc1ccccc1. The maximum Gasteiger partial charge on any atom is 0.286 e. The lowest BCUT2D eigenvalue weighted by Crippen LogP contribution is -2.26. The van der Waals surface area contributed by atoms with Crippen LogP contribution in [0.5, 0.6) is 0 Å². The van der Waals surface area contributed by atoms with Gasteiger partial charge in [-0.15, -0.1) is 0 Å². The Hall–Kier alpha value is -1.39. The molecule has 2 aromatic carbocycles. The second kappa shape index (κ2) is 8.15. The summed E-state index contributed by atoms with van der Waals surface area (Å²) < 4.78 is 0. The summed E-state index contributed by atoms with van der Waals surface area (Å²) in [6.45, 7) is 5.51.